The largest absolute Gasteiger partial charge is 0.450 e. The molecule has 1 saturated heterocycles. The van der Waals surface area contributed by atoms with Crippen molar-refractivity contribution < 1.29 is 9.53 Å². The molecule has 6 nitrogen and oxygen atoms in total. The SMILES string of the molecule is CCOC(=O)NC1CCCN(Cc2nccn2-c2ccccc2)C1. The number of hydrogen-bond donors (Lipinski definition) is 1. The summed E-state index contributed by atoms with van der Waals surface area (Å²) >= 11 is 0. The highest BCUT2D eigenvalue weighted by Crippen LogP contribution is 2.16. The van der Waals surface area contributed by atoms with Gasteiger partial charge in [0.15, 0.2) is 0 Å². The number of benzene rings is 1. The van der Waals surface area contributed by atoms with Crippen molar-refractivity contribution in [2.24, 2.45) is 0 Å². The number of likely N-dealkylation sites (tertiary alicyclic amines) is 1. The Morgan fingerprint density at radius 3 is 3.00 bits per heavy atom. The average Bonchev–Trinajstić information content (AvgIpc) is 3.04. The molecule has 3 rings (SSSR count). The molecule has 128 valence electrons. The quantitative estimate of drug-likeness (QED) is 0.916. The summed E-state index contributed by atoms with van der Waals surface area (Å²) in [5.74, 6) is 1.01. The summed E-state index contributed by atoms with van der Waals surface area (Å²) in [6.07, 6.45) is 5.55. The standard InChI is InChI=1S/C18H24N4O2/c1-2-24-18(23)20-15-7-6-11-21(13-15)14-17-19-10-12-22(17)16-8-4-3-5-9-16/h3-5,8-10,12,15H,2,6-7,11,13-14H2,1H3,(H,20,23). The molecule has 2 heterocycles. The molecule has 0 radical (unpaired) electrons. The Morgan fingerprint density at radius 2 is 2.21 bits per heavy atom. The number of hydrogen-bond acceptors (Lipinski definition) is 4. The van der Waals surface area contributed by atoms with Crippen molar-refractivity contribution >= 4 is 6.09 Å². The molecule has 1 aromatic heterocycles. The number of imidazole rings is 1. The summed E-state index contributed by atoms with van der Waals surface area (Å²) in [6, 6.07) is 10.4. The van der Waals surface area contributed by atoms with Crippen LogP contribution in [-0.2, 0) is 11.3 Å². The molecule has 1 fully saturated rings. The minimum Gasteiger partial charge on any atom is -0.450 e. The number of carbonyl (C=O) groups excluding carboxylic acids is 1. The highest BCUT2D eigenvalue weighted by Gasteiger charge is 2.23. The van der Waals surface area contributed by atoms with Gasteiger partial charge in [0.05, 0.1) is 13.2 Å². The van der Waals surface area contributed by atoms with E-state index in [9.17, 15) is 4.79 Å². The lowest BCUT2D eigenvalue weighted by Crippen LogP contribution is -2.47. The van der Waals surface area contributed by atoms with Gasteiger partial charge in [-0.15, -0.1) is 0 Å². The second kappa shape index (κ2) is 7.97. The lowest BCUT2D eigenvalue weighted by atomic mass is 10.1. The predicted molar refractivity (Wildman–Crippen MR) is 92.0 cm³/mol. The second-order valence-electron chi connectivity index (χ2n) is 5.99. The van der Waals surface area contributed by atoms with E-state index in [0.29, 0.717) is 6.61 Å². The van der Waals surface area contributed by atoms with Crippen molar-refractivity contribution in [3.05, 3.63) is 48.5 Å². The molecule has 1 unspecified atom stereocenters. The van der Waals surface area contributed by atoms with Crippen LogP contribution in [0.25, 0.3) is 5.69 Å². The fraction of sp³-hybridized carbons (Fsp3) is 0.444. The van der Waals surface area contributed by atoms with E-state index in [1.165, 1.54) is 0 Å². The summed E-state index contributed by atoms with van der Waals surface area (Å²) < 4.78 is 7.09. The van der Waals surface area contributed by atoms with E-state index in [1.807, 2.05) is 37.5 Å². The topological polar surface area (TPSA) is 59.4 Å². The van der Waals surface area contributed by atoms with Gasteiger partial charge in [0, 0.05) is 30.7 Å². The van der Waals surface area contributed by atoms with Crippen LogP contribution < -0.4 is 5.32 Å². The maximum atomic E-state index is 11.6. The third-order valence-corrected chi connectivity index (χ3v) is 4.22. The van der Waals surface area contributed by atoms with Crippen molar-refractivity contribution in [1.29, 1.82) is 0 Å². The number of nitrogens with zero attached hydrogens (tertiary/aromatic N) is 3. The van der Waals surface area contributed by atoms with E-state index in [-0.39, 0.29) is 12.1 Å². The summed E-state index contributed by atoms with van der Waals surface area (Å²) in [5, 5.41) is 2.95. The van der Waals surface area contributed by atoms with Crippen molar-refractivity contribution in [1.82, 2.24) is 19.8 Å². The Morgan fingerprint density at radius 1 is 1.38 bits per heavy atom. The van der Waals surface area contributed by atoms with E-state index in [0.717, 1.165) is 44.0 Å². The molecule has 0 bridgehead atoms. The molecule has 0 spiro atoms. The molecule has 24 heavy (non-hydrogen) atoms. The Kier molecular flexibility index (Phi) is 5.48. The average molecular weight is 328 g/mol. The fourth-order valence-corrected chi connectivity index (χ4v) is 3.13. The predicted octanol–water partition coefficient (Wildman–Crippen LogP) is 2.58. The molecule has 1 aliphatic rings. The molecule has 1 atom stereocenters. The third kappa shape index (κ3) is 4.14. The van der Waals surface area contributed by atoms with Crippen LogP contribution >= 0.6 is 0 Å². The van der Waals surface area contributed by atoms with Gasteiger partial charge < -0.3 is 14.6 Å². The monoisotopic (exact) mass is 328 g/mol. The Labute approximate surface area is 142 Å². The van der Waals surface area contributed by atoms with Gasteiger partial charge in [-0.3, -0.25) is 4.90 Å². The van der Waals surface area contributed by atoms with Crippen LogP contribution in [0.15, 0.2) is 42.7 Å². The van der Waals surface area contributed by atoms with Crippen LogP contribution in [0.2, 0.25) is 0 Å². The number of piperidine rings is 1. The van der Waals surface area contributed by atoms with Gasteiger partial charge in [0.1, 0.15) is 5.82 Å². The molecule has 1 amide bonds. The van der Waals surface area contributed by atoms with Gasteiger partial charge in [0.2, 0.25) is 0 Å². The zero-order valence-corrected chi connectivity index (χ0v) is 14.0. The molecular formula is C18H24N4O2. The number of carbonyl (C=O) groups is 1. The van der Waals surface area contributed by atoms with E-state index >= 15 is 0 Å². The third-order valence-electron chi connectivity index (χ3n) is 4.22. The van der Waals surface area contributed by atoms with Crippen LogP contribution in [0.3, 0.4) is 0 Å². The van der Waals surface area contributed by atoms with Crippen LogP contribution in [0, 0.1) is 0 Å². The molecule has 0 saturated carbocycles. The number of alkyl carbamates (subject to hydrolysis) is 1. The molecule has 1 N–H and O–H groups in total. The maximum absolute atomic E-state index is 11.6. The molecule has 0 aliphatic carbocycles. The van der Waals surface area contributed by atoms with Gasteiger partial charge in [-0.2, -0.15) is 0 Å². The summed E-state index contributed by atoms with van der Waals surface area (Å²) in [6.45, 7) is 4.82. The molecule has 1 aliphatic heterocycles. The van der Waals surface area contributed by atoms with Crippen molar-refractivity contribution in [3.8, 4) is 5.69 Å². The van der Waals surface area contributed by atoms with Gasteiger partial charge in [-0.1, -0.05) is 18.2 Å². The fourth-order valence-electron chi connectivity index (χ4n) is 3.13. The molecular weight excluding hydrogens is 304 g/mol. The first-order valence-electron chi connectivity index (χ1n) is 8.49. The van der Waals surface area contributed by atoms with E-state index in [2.05, 4.69) is 31.9 Å². The van der Waals surface area contributed by atoms with Gasteiger partial charge in [0.25, 0.3) is 0 Å². The van der Waals surface area contributed by atoms with Gasteiger partial charge in [-0.25, -0.2) is 9.78 Å². The Balaban J connectivity index is 1.62. The highest BCUT2D eigenvalue weighted by atomic mass is 16.5. The maximum Gasteiger partial charge on any atom is 0.407 e. The zero-order valence-electron chi connectivity index (χ0n) is 14.0. The van der Waals surface area contributed by atoms with E-state index in [4.69, 9.17) is 4.74 Å². The number of amides is 1. The minimum absolute atomic E-state index is 0.137. The normalized spacial score (nSPS) is 18.3. The number of rotatable bonds is 5. The second-order valence-corrected chi connectivity index (χ2v) is 5.99. The molecule has 1 aromatic carbocycles. The first kappa shape index (κ1) is 16.5. The van der Waals surface area contributed by atoms with E-state index in [1.54, 1.807) is 0 Å². The number of nitrogens with one attached hydrogen (secondary N) is 1. The highest BCUT2D eigenvalue weighted by molar-refractivity contribution is 5.67. The summed E-state index contributed by atoms with van der Waals surface area (Å²) in [7, 11) is 0. The van der Waals surface area contributed by atoms with Crippen LogP contribution in [0.1, 0.15) is 25.6 Å². The van der Waals surface area contributed by atoms with Crippen molar-refractivity contribution in [2.75, 3.05) is 19.7 Å². The number of para-hydroxylation sites is 1. The summed E-state index contributed by atoms with van der Waals surface area (Å²) in [4.78, 5) is 18.5. The Hall–Kier alpha value is -2.34. The van der Waals surface area contributed by atoms with Crippen LogP contribution in [0.5, 0.6) is 0 Å². The lowest BCUT2D eigenvalue weighted by molar-refractivity contribution is 0.131. The lowest BCUT2D eigenvalue weighted by Gasteiger charge is -2.32. The van der Waals surface area contributed by atoms with Crippen LogP contribution in [-0.4, -0.2) is 46.3 Å². The molecule has 2 aromatic rings. The first-order chi connectivity index (χ1) is 11.8. The van der Waals surface area contributed by atoms with Crippen molar-refractivity contribution in [2.45, 2.75) is 32.4 Å². The van der Waals surface area contributed by atoms with Crippen molar-refractivity contribution in [3.63, 3.8) is 0 Å². The Bertz CT molecular complexity index is 656. The van der Waals surface area contributed by atoms with Gasteiger partial charge >= 0.3 is 6.09 Å². The number of ether oxygens (including phenoxy) is 1. The number of aromatic nitrogens is 2. The minimum atomic E-state index is -0.324. The zero-order chi connectivity index (χ0) is 16.8. The summed E-state index contributed by atoms with van der Waals surface area (Å²) in [5.41, 5.74) is 1.11. The van der Waals surface area contributed by atoms with Crippen LogP contribution in [0.4, 0.5) is 4.79 Å². The van der Waals surface area contributed by atoms with Gasteiger partial charge in [-0.05, 0) is 38.4 Å². The van der Waals surface area contributed by atoms with E-state index < -0.39 is 0 Å². The first-order valence-corrected chi connectivity index (χ1v) is 8.49. The smallest absolute Gasteiger partial charge is 0.407 e. The molecule has 6 heteroatoms.